The number of hydrogen-bond acceptors (Lipinski definition) is 3. The van der Waals surface area contributed by atoms with Crippen LogP contribution in [0.3, 0.4) is 0 Å². The van der Waals surface area contributed by atoms with Crippen molar-refractivity contribution in [1.82, 2.24) is 10.2 Å². The lowest BCUT2D eigenvalue weighted by Gasteiger charge is -2.25. The molecule has 0 saturated carbocycles. The van der Waals surface area contributed by atoms with Crippen LogP contribution in [0.5, 0.6) is 5.75 Å². The highest BCUT2D eigenvalue weighted by Crippen LogP contribution is 2.17. The Labute approximate surface area is 127 Å². The van der Waals surface area contributed by atoms with Crippen molar-refractivity contribution in [1.29, 1.82) is 0 Å². The number of rotatable bonds is 7. The van der Waals surface area contributed by atoms with Crippen LogP contribution in [-0.2, 0) is 6.54 Å². The first kappa shape index (κ1) is 15.5. The molecule has 0 fully saturated rings. The summed E-state index contributed by atoms with van der Waals surface area (Å²) in [6.07, 6.45) is 0. The number of methoxy groups -OCH3 is 1. The molecule has 0 radical (unpaired) electrons. The van der Waals surface area contributed by atoms with E-state index in [1.54, 1.807) is 7.11 Å². The van der Waals surface area contributed by atoms with Gasteiger partial charge in [-0.2, -0.15) is 0 Å². The number of benzene rings is 2. The standard InChI is InChI=1S/C18H24N2O/c1-20(2)18(16-7-5-4-6-8-16)14-19-13-15-9-11-17(21-3)12-10-15/h4-12,18-19H,13-14H2,1-3H3/t18-/m1/s1. The summed E-state index contributed by atoms with van der Waals surface area (Å²) in [4.78, 5) is 2.25. The molecule has 0 spiro atoms. The monoisotopic (exact) mass is 284 g/mol. The van der Waals surface area contributed by atoms with Gasteiger partial charge in [0.2, 0.25) is 0 Å². The van der Waals surface area contributed by atoms with E-state index in [0.29, 0.717) is 6.04 Å². The minimum Gasteiger partial charge on any atom is -0.497 e. The second kappa shape index (κ2) is 7.81. The van der Waals surface area contributed by atoms with Gasteiger partial charge in [0, 0.05) is 19.1 Å². The summed E-state index contributed by atoms with van der Waals surface area (Å²) in [5, 5.41) is 3.54. The van der Waals surface area contributed by atoms with Crippen molar-refractivity contribution in [3.05, 3.63) is 65.7 Å². The Kier molecular flexibility index (Phi) is 5.78. The summed E-state index contributed by atoms with van der Waals surface area (Å²) in [5.41, 5.74) is 2.60. The van der Waals surface area contributed by atoms with Crippen molar-refractivity contribution >= 4 is 0 Å². The molecule has 0 unspecified atom stereocenters. The van der Waals surface area contributed by atoms with Gasteiger partial charge in [0.05, 0.1) is 7.11 Å². The van der Waals surface area contributed by atoms with Crippen LogP contribution in [0.1, 0.15) is 17.2 Å². The molecule has 2 aromatic rings. The van der Waals surface area contributed by atoms with Crippen LogP contribution >= 0.6 is 0 Å². The van der Waals surface area contributed by atoms with Gasteiger partial charge in [-0.1, -0.05) is 42.5 Å². The molecule has 0 saturated heterocycles. The van der Waals surface area contributed by atoms with Gasteiger partial charge in [0.1, 0.15) is 5.75 Å². The highest BCUT2D eigenvalue weighted by Gasteiger charge is 2.12. The molecule has 112 valence electrons. The van der Waals surface area contributed by atoms with Crippen molar-refractivity contribution in [2.24, 2.45) is 0 Å². The van der Waals surface area contributed by atoms with E-state index in [-0.39, 0.29) is 0 Å². The van der Waals surface area contributed by atoms with Gasteiger partial charge in [0.25, 0.3) is 0 Å². The van der Waals surface area contributed by atoms with E-state index < -0.39 is 0 Å². The number of nitrogens with zero attached hydrogens (tertiary/aromatic N) is 1. The fraction of sp³-hybridized carbons (Fsp3) is 0.333. The van der Waals surface area contributed by atoms with E-state index in [4.69, 9.17) is 4.74 Å². The predicted octanol–water partition coefficient (Wildman–Crippen LogP) is 3.09. The average molecular weight is 284 g/mol. The van der Waals surface area contributed by atoms with Crippen LogP contribution in [0.25, 0.3) is 0 Å². The molecule has 2 aromatic carbocycles. The SMILES string of the molecule is COc1ccc(CNC[C@H](c2ccccc2)N(C)C)cc1. The Hall–Kier alpha value is -1.84. The first-order chi connectivity index (χ1) is 10.2. The summed E-state index contributed by atoms with van der Waals surface area (Å²) in [5.74, 6) is 0.897. The summed E-state index contributed by atoms with van der Waals surface area (Å²) >= 11 is 0. The van der Waals surface area contributed by atoms with Crippen LogP contribution in [0.15, 0.2) is 54.6 Å². The molecule has 3 nitrogen and oxygen atoms in total. The molecule has 0 aromatic heterocycles. The second-order valence-corrected chi connectivity index (χ2v) is 5.37. The molecule has 2 rings (SSSR count). The van der Waals surface area contributed by atoms with Gasteiger partial charge in [-0.3, -0.25) is 0 Å². The van der Waals surface area contributed by atoms with Gasteiger partial charge in [-0.25, -0.2) is 0 Å². The maximum absolute atomic E-state index is 5.17. The summed E-state index contributed by atoms with van der Waals surface area (Å²) in [6, 6.07) is 19.2. The molecule has 3 heteroatoms. The average Bonchev–Trinajstić information content (AvgIpc) is 2.52. The first-order valence-electron chi connectivity index (χ1n) is 7.25. The number of hydrogen-bond donors (Lipinski definition) is 1. The third-order valence-corrected chi connectivity index (χ3v) is 3.63. The quantitative estimate of drug-likeness (QED) is 0.845. The van der Waals surface area contributed by atoms with E-state index in [1.165, 1.54) is 11.1 Å². The fourth-order valence-corrected chi connectivity index (χ4v) is 2.37. The summed E-state index contributed by atoms with van der Waals surface area (Å²) in [6.45, 7) is 1.78. The van der Waals surface area contributed by atoms with Crippen LogP contribution < -0.4 is 10.1 Å². The zero-order chi connectivity index (χ0) is 15.1. The molecule has 0 aliphatic carbocycles. The Morgan fingerprint density at radius 1 is 1.00 bits per heavy atom. The predicted molar refractivity (Wildman–Crippen MR) is 87.6 cm³/mol. The van der Waals surface area contributed by atoms with E-state index in [1.807, 2.05) is 12.1 Å². The van der Waals surface area contributed by atoms with Crippen molar-refractivity contribution in [2.75, 3.05) is 27.7 Å². The van der Waals surface area contributed by atoms with E-state index in [0.717, 1.165) is 18.8 Å². The Morgan fingerprint density at radius 2 is 1.67 bits per heavy atom. The number of nitrogens with one attached hydrogen (secondary N) is 1. The van der Waals surface area contributed by atoms with Crippen molar-refractivity contribution in [3.63, 3.8) is 0 Å². The minimum absolute atomic E-state index is 0.379. The topological polar surface area (TPSA) is 24.5 Å². The molecular formula is C18H24N2O. The molecule has 21 heavy (non-hydrogen) atoms. The van der Waals surface area contributed by atoms with Gasteiger partial charge in [-0.15, -0.1) is 0 Å². The van der Waals surface area contributed by atoms with Crippen LogP contribution in [0, 0.1) is 0 Å². The molecule has 0 aliphatic heterocycles. The third kappa shape index (κ3) is 4.59. The van der Waals surface area contributed by atoms with E-state index in [2.05, 4.69) is 66.8 Å². The molecule has 0 amide bonds. The van der Waals surface area contributed by atoms with Gasteiger partial charge in [-0.05, 0) is 37.4 Å². The second-order valence-electron chi connectivity index (χ2n) is 5.37. The summed E-state index contributed by atoms with van der Waals surface area (Å²) < 4.78 is 5.17. The fourth-order valence-electron chi connectivity index (χ4n) is 2.37. The molecular weight excluding hydrogens is 260 g/mol. The maximum Gasteiger partial charge on any atom is 0.118 e. The lowest BCUT2D eigenvalue weighted by molar-refractivity contribution is 0.288. The molecule has 0 aliphatic rings. The van der Waals surface area contributed by atoms with E-state index >= 15 is 0 Å². The van der Waals surface area contributed by atoms with Crippen molar-refractivity contribution in [3.8, 4) is 5.75 Å². The van der Waals surface area contributed by atoms with Crippen LogP contribution in [-0.4, -0.2) is 32.6 Å². The van der Waals surface area contributed by atoms with Crippen LogP contribution in [0.4, 0.5) is 0 Å². The number of ether oxygens (including phenoxy) is 1. The van der Waals surface area contributed by atoms with Gasteiger partial charge < -0.3 is 15.0 Å². The zero-order valence-corrected chi connectivity index (χ0v) is 13.0. The molecule has 0 heterocycles. The van der Waals surface area contributed by atoms with E-state index in [9.17, 15) is 0 Å². The molecule has 1 N–H and O–H groups in total. The Balaban J connectivity index is 1.90. The van der Waals surface area contributed by atoms with Gasteiger partial charge >= 0.3 is 0 Å². The third-order valence-electron chi connectivity index (χ3n) is 3.63. The largest absolute Gasteiger partial charge is 0.497 e. The lowest BCUT2D eigenvalue weighted by Crippen LogP contribution is -2.30. The van der Waals surface area contributed by atoms with Crippen LogP contribution in [0.2, 0.25) is 0 Å². The van der Waals surface area contributed by atoms with Crippen molar-refractivity contribution < 1.29 is 4.74 Å². The highest BCUT2D eigenvalue weighted by molar-refractivity contribution is 5.27. The molecule has 1 atom stereocenters. The smallest absolute Gasteiger partial charge is 0.118 e. The lowest BCUT2D eigenvalue weighted by atomic mass is 10.1. The van der Waals surface area contributed by atoms with Crippen molar-refractivity contribution in [2.45, 2.75) is 12.6 Å². The zero-order valence-electron chi connectivity index (χ0n) is 13.0. The first-order valence-corrected chi connectivity index (χ1v) is 7.25. The molecule has 0 bridgehead atoms. The highest BCUT2D eigenvalue weighted by atomic mass is 16.5. The Morgan fingerprint density at radius 3 is 2.24 bits per heavy atom. The summed E-state index contributed by atoms with van der Waals surface area (Å²) in [7, 11) is 5.92. The number of likely N-dealkylation sites (N-methyl/N-ethyl adjacent to an activating group) is 1. The normalized spacial score (nSPS) is 12.4. The van der Waals surface area contributed by atoms with Gasteiger partial charge in [0.15, 0.2) is 0 Å². The minimum atomic E-state index is 0.379. The maximum atomic E-state index is 5.17. The Bertz CT molecular complexity index is 523.